The van der Waals surface area contributed by atoms with Gasteiger partial charge in [0.25, 0.3) is 0 Å². The van der Waals surface area contributed by atoms with Crippen LogP contribution in [0, 0.1) is 13.8 Å². The van der Waals surface area contributed by atoms with Gasteiger partial charge in [0, 0.05) is 27.6 Å². The van der Waals surface area contributed by atoms with Crippen LogP contribution in [0.15, 0.2) is 218 Å². The monoisotopic (exact) mass is 742 g/mol. The summed E-state index contributed by atoms with van der Waals surface area (Å²) in [4.78, 5) is 2.46. The Morgan fingerprint density at radius 1 is 0.345 bits per heavy atom. The molecule has 58 heavy (non-hydrogen) atoms. The number of hydrogen-bond donors (Lipinski definition) is 0. The maximum Gasteiger partial charge on any atom is 0.0562 e. The van der Waals surface area contributed by atoms with Crippen LogP contribution in [0.2, 0.25) is 0 Å². The molecule has 276 valence electrons. The minimum atomic E-state index is 1.09. The smallest absolute Gasteiger partial charge is 0.0562 e. The topological polar surface area (TPSA) is 8.17 Å². The molecule has 1 heterocycles. The Labute approximate surface area is 340 Å². The number of fused-ring (bicyclic) bond motifs is 3. The predicted octanol–water partition coefficient (Wildman–Crippen LogP) is 15.5. The molecule has 0 spiro atoms. The third kappa shape index (κ3) is 6.35. The van der Waals surface area contributed by atoms with Crippen LogP contribution in [-0.4, -0.2) is 4.57 Å². The highest BCUT2D eigenvalue weighted by atomic mass is 15.2. The van der Waals surface area contributed by atoms with Crippen molar-refractivity contribution in [3.8, 4) is 50.2 Å². The average molecular weight is 743 g/mol. The van der Waals surface area contributed by atoms with Crippen LogP contribution in [0.25, 0.3) is 72.0 Å². The molecule has 0 aliphatic carbocycles. The first-order valence-corrected chi connectivity index (χ1v) is 20.0. The van der Waals surface area contributed by atoms with Crippen LogP contribution >= 0.6 is 0 Å². The van der Waals surface area contributed by atoms with Gasteiger partial charge in [0.2, 0.25) is 0 Å². The van der Waals surface area contributed by atoms with E-state index in [9.17, 15) is 0 Å². The van der Waals surface area contributed by atoms with Crippen LogP contribution in [-0.2, 0) is 0 Å². The first-order chi connectivity index (χ1) is 28.6. The van der Waals surface area contributed by atoms with Crippen molar-refractivity contribution >= 4 is 38.9 Å². The number of para-hydroxylation sites is 2. The largest absolute Gasteiger partial charge is 0.309 e. The lowest BCUT2D eigenvalue weighted by Gasteiger charge is -2.29. The SMILES string of the molecule is Cc1cccc(-c2ccc(-n3c4ccccc4c4c(N(c5ccc(-c6ccccc6)cc5)c5ccccc5-c5ccccc5)cccc43)c(-c3cccc(C)c3)c2)c1. The van der Waals surface area contributed by atoms with E-state index < -0.39 is 0 Å². The quantitative estimate of drug-likeness (QED) is 0.150. The van der Waals surface area contributed by atoms with Gasteiger partial charge in [-0.25, -0.2) is 0 Å². The summed E-state index contributed by atoms with van der Waals surface area (Å²) >= 11 is 0. The lowest BCUT2D eigenvalue weighted by molar-refractivity contribution is 1.18. The number of aromatic nitrogens is 1. The van der Waals surface area contributed by atoms with Gasteiger partial charge in [0.1, 0.15) is 0 Å². The Morgan fingerprint density at radius 2 is 0.879 bits per heavy atom. The fourth-order valence-electron chi connectivity index (χ4n) is 8.60. The van der Waals surface area contributed by atoms with E-state index in [2.05, 4.69) is 242 Å². The summed E-state index contributed by atoms with van der Waals surface area (Å²) in [5, 5.41) is 2.40. The summed E-state index contributed by atoms with van der Waals surface area (Å²) in [6, 6.07) is 79.5. The molecule has 2 nitrogen and oxygen atoms in total. The molecular weight excluding hydrogens is 701 g/mol. The normalized spacial score (nSPS) is 11.3. The van der Waals surface area contributed by atoms with Gasteiger partial charge in [-0.05, 0) is 95.8 Å². The fraction of sp³-hybridized carbons (Fsp3) is 0.0357. The number of benzene rings is 9. The zero-order valence-electron chi connectivity index (χ0n) is 32.7. The van der Waals surface area contributed by atoms with Crippen LogP contribution in [0.1, 0.15) is 11.1 Å². The summed E-state index contributed by atoms with van der Waals surface area (Å²) < 4.78 is 2.48. The zero-order chi connectivity index (χ0) is 39.0. The van der Waals surface area contributed by atoms with Crippen molar-refractivity contribution < 1.29 is 0 Å². The summed E-state index contributed by atoms with van der Waals surface area (Å²) in [5.74, 6) is 0. The second-order valence-corrected chi connectivity index (χ2v) is 15.1. The second kappa shape index (κ2) is 14.9. The molecule has 10 aromatic rings. The Morgan fingerprint density at radius 3 is 1.64 bits per heavy atom. The van der Waals surface area contributed by atoms with Crippen molar-refractivity contribution in [1.29, 1.82) is 0 Å². The van der Waals surface area contributed by atoms with Crippen LogP contribution in [0.3, 0.4) is 0 Å². The maximum atomic E-state index is 2.48. The van der Waals surface area contributed by atoms with Gasteiger partial charge >= 0.3 is 0 Å². The number of nitrogens with zero attached hydrogens (tertiary/aromatic N) is 2. The summed E-state index contributed by atoms with van der Waals surface area (Å²) in [6.07, 6.45) is 0. The molecule has 0 fully saturated rings. The molecule has 0 saturated carbocycles. The van der Waals surface area contributed by atoms with Crippen LogP contribution in [0.5, 0.6) is 0 Å². The molecule has 0 radical (unpaired) electrons. The highest BCUT2D eigenvalue weighted by Gasteiger charge is 2.24. The number of anilines is 3. The summed E-state index contributed by atoms with van der Waals surface area (Å²) in [6.45, 7) is 4.34. The van der Waals surface area contributed by atoms with Crippen LogP contribution < -0.4 is 4.90 Å². The van der Waals surface area contributed by atoms with E-state index in [1.54, 1.807) is 0 Å². The Balaban J connectivity index is 1.24. The van der Waals surface area contributed by atoms with Gasteiger partial charge in [0.15, 0.2) is 0 Å². The maximum absolute atomic E-state index is 2.48. The van der Waals surface area contributed by atoms with E-state index in [0.717, 1.165) is 33.8 Å². The lowest BCUT2D eigenvalue weighted by Crippen LogP contribution is -2.11. The highest BCUT2D eigenvalue weighted by Crippen LogP contribution is 2.47. The molecule has 0 amide bonds. The number of rotatable bonds is 8. The molecule has 9 aromatic carbocycles. The van der Waals surface area contributed by atoms with E-state index in [1.807, 2.05) is 0 Å². The third-order valence-electron chi connectivity index (χ3n) is 11.3. The molecule has 0 N–H and O–H groups in total. The van der Waals surface area contributed by atoms with Crippen molar-refractivity contribution in [1.82, 2.24) is 4.57 Å². The summed E-state index contributed by atoms with van der Waals surface area (Å²) in [5.41, 5.74) is 18.8. The molecule has 0 saturated heterocycles. The predicted molar refractivity (Wildman–Crippen MR) is 247 cm³/mol. The van der Waals surface area contributed by atoms with Gasteiger partial charge in [-0.3, -0.25) is 0 Å². The molecule has 0 aliphatic heterocycles. The Hall–Kier alpha value is -7.42. The first kappa shape index (κ1) is 35.0. The number of aryl methyl sites for hydroxylation is 2. The van der Waals surface area contributed by atoms with Gasteiger partial charge < -0.3 is 9.47 Å². The minimum absolute atomic E-state index is 1.09. The fourth-order valence-corrected chi connectivity index (χ4v) is 8.60. The summed E-state index contributed by atoms with van der Waals surface area (Å²) in [7, 11) is 0. The van der Waals surface area contributed by atoms with E-state index in [4.69, 9.17) is 0 Å². The van der Waals surface area contributed by atoms with Crippen LogP contribution in [0.4, 0.5) is 17.1 Å². The standard InChI is InChI=1S/C56H42N2/c1-39-16-13-22-44(36-39)45-32-35-53(50(38-45)46-23-14-17-40(2)37-46)58-52-27-12-10-25-49(52)56-54(28-15-29-55(56)58)57(47-33-30-42(31-34-47)41-18-5-3-6-19-41)51-26-11-9-24-48(51)43-20-7-4-8-21-43/h3-38H,1-2H3. The molecule has 0 unspecified atom stereocenters. The Bertz CT molecular complexity index is 3070. The van der Waals surface area contributed by atoms with E-state index >= 15 is 0 Å². The minimum Gasteiger partial charge on any atom is -0.309 e. The molecule has 0 bridgehead atoms. The molecule has 10 rings (SSSR count). The van der Waals surface area contributed by atoms with Gasteiger partial charge in [-0.2, -0.15) is 0 Å². The molecule has 0 aliphatic rings. The highest BCUT2D eigenvalue weighted by molar-refractivity contribution is 6.17. The lowest BCUT2D eigenvalue weighted by atomic mass is 9.95. The number of hydrogen-bond acceptors (Lipinski definition) is 1. The average Bonchev–Trinajstić information content (AvgIpc) is 3.62. The van der Waals surface area contributed by atoms with E-state index in [1.165, 1.54) is 66.4 Å². The molecular formula is C56H42N2. The Kier molecular flexibility index (Phi) is 9.01. The van der Waals surface area contributed by atoms with Crippen molar-refractivity contribution in [2.45, 2.75) is 13.8 Å². The van der Waals surface area contributed by atoms with Gasteiger partial charge in [-0.15, -0.1) is 0 Å². The molecule has 2 heteroatoms. The van der Waals surface area contributed by atoms with E-state index in [-0.39, 0.29) is 0 Å². The van der Waals surface area contributed by atoms with Crippen molar-refractivity contribution in [2.24, 2.45) is 0 Å². The second-order valence-electron chi connectivity index (χ2n) is 15.1. The van der Waals surface area contributed by atoms with Gasteiger partial charge in [-0.1, -0.05) is 181 Å². The molecule has 0 atom stereocenters. The van der Waals surface area contributed by atoms with Crippen molar-refractivity contribution in [2.75, 3.05) is 4.90 Å². The van der Waals surface area contributed by atoms with Crippen molar-refractivity contribution in [3.63, 3.8) is 0 Å². The third-order valence-corrected chi connectivity index (χ3v) is 11.3. The van der Waals surface area contributed by atoms with Gasteiger partial charge in [0.05, 0.1) is 28.1 Å². The first-order valence-electron chi connectivity index (χ1n) is 20.0. The molecule has 1 aromatic heterocycles. The van der Waals surface area contributed by atoms with Crippen molar-refractivity contribution in [3.05, 3.63) is 230 Å². The zero-order valence-corrected chi connectivity index (χ0v) is 32.7. The van der Waals surface area contributed by atoms with E-state index in [0.29, 0.717) is 0 Å².